The third-order valence-corrected chi connectivity index (χ3v) is 11.7. The van der Waals surface area contributed by atoms with E-state index in [4.69, 9.17) is 0 Å². The van der Waals surface area contributed by atoms with E-state index in [0.29, 0.717) is 19.3 Å². The van der Waals surface area contributed by atoms with Crippen LogP contribution in [-0.2, 0) is 25.6 Å². The number of carbonyl (C=O) groups excluding carboxylic acids is 3. The number of aliphatic hydroxyl groups is 2. The molecule has 304 valence electrons. The van der Waals surface area contributed by atoms with Gasteiger partial charge in [0.15, 0.2) is 0 Å². The second-order valence-electron chi connectivity index (χ2n) is 13.6. The first-order valence-corrected chi connectivity index (χ1v) is 21.7. The Kier molecular flexibility index (Phi) is 28.3. The minimum atomic E-state index is -1.16. The number of carboxylic acid groups (broad SMARTS) is 1. The molecule has 0 aromatic heterocycles. The SMILES string of the molecule is CC/C=C\C/C=C\C/C=C\C/C=C\C/C=C\C/C=C\CCC(=O)N[C@@H](CSSC(C)(C)[C@H](CC(=O)CCCc1ccccc1)C(=O)NC[C@@H](O)CO)C(=O)O. The first kappa shape index (κ1) is 49.4. The predicted octanol–water partition coefficient (Wildman–Crippen LogP) is 8.26. The van der Waals surface area contributed by atoms with Gasteiger partial charge in [-0.05, 0) is 77.2 Å². The smallest absolute Gasteiger partial charge is 0.327 e. The average Bonchev–Trinajstić information content (AvgIpc) is 3.16. The van der Waals surface area contributed by atoms with Crippen LogP contribution in [-0.4, -0.2) is 74.7 Å². The van der Waals surface area contributed by atoms with E-state index >= 15 is 0 Å². The zero-order chi connectivity index (χ0) is 40.6. The summed E-state index contributed by atoms with van der Waals surface area (Å²) in [6, 6.07) is 8.71. The lowest BCUT2D eigenvalue weighted by atomic mass is 9.87. The Morgan fingerprint density at radius 3 is 1.87 bits per heavy atom. The Morgan fingerprint density at radius 1 is 0.800 bits per heavy atom. The number of hydrogen-bond donors (Lipinski definition) is 5. The lowest BCUT2D eigenvalue weighted by molar-refractivity contribution is -0.141. The Balaban J connectivity index is 2.49. The van der Waals surface area contributed by atoms with Gasteiger partial charge in [-0.2, -0.15) is 0 Å². The first-order chi connectivity index (χ1) is 26.5. The topological polar surface area (TPSA) is 153 Å². The van der Waals surface area contributed by atoms with Crippen LogP contribution in [0.5, 0.6) is 0 Å². The van der Waals surface area contributed by atoms with Crippen molar-refractivity contribution in [2.24, 2.45) is 5.92 Å². The van der Waals surface area contributed by atoms with Crippen molar-refractivity contribution in [3.05, 3.63) is 109 Å². The van der Waals surface area contributed by atoms with E-state index in [2.05, 4.69) is 78.3 Å². The van der Waals surface area contributed by atoms with E-state index in [1.807, 2.05) is 56.3 Å². The van der Waals surface area contributed by atoms with Gasteiger partial charge in [0.2, 0.25) is 11.8 Å². The summed E-state index contributed by atoms with van der Waals surface area (Å²) in [5, 5.41) is 34.0. The summed E-state index contributed by atoms with van der Waals surface area (Å²) in [6.07, 6.45) is 32.1. The average molecular weight is 797 g/mol. The molecule has 5 N–H and O–H groups in total. The van der Waals surface area contributed by atoms with Gasteiger partial charge in [-0.1, -0.05) is 132 Å². The first-order valence-electron chi connectivity index (χ1n) is 19.3. The molecule has 1 aromatic carbocycles. The van der Waals surface area contributed by atoms with Gasteiger partial charge in [0.05, 0.1) is 18.6 Å². The number of benzene rings is 1. The largest absolute Gasteiger partial charge is 0.480 e. The van der Waals surface area contributed by atoms with Crippen molar-refractivity contribution in [3.63, 3.8) is 0 Å². The molecule has 55 heavy (non-hydrogen) atoms. The maximum atomic E-state index is 13.3. The number of carbonyl (C=O) groups is 4. The van der Waals surface area contributed by atoms with Gasteiger partial charge < -0.3 is 26.0 Å². The summed E-state index contributed by atoms with van der Waals surface area (Å²) in [4.78, 5) is 50.8. The summed E-state index contributed by atoms with van der Waals surface area (Å²) < 4.78 is -0.808. The van der Waals surface area contributed by atoms with Crippen LogP contribution in [0.3, 0.4) is 0 Å². The number of carboxylic acids is 1. The number of aliphatic carboxylic acids is 1. The van der Waals surface area contributed by atoms with Crippen molar-refractivity contribution in [1.82, 2.24) is 10.6 Å². The van der Waals surface area contributed by atoms with Crippen molar-refractivity contribution < 1.29 is 34.5 Å². The summed E-state index contributed by atoms with van der Waals surface area (Å²) in [5.41, 5.74) is 1.13. The van der Waals surface area contributed by atoms with E-state index in [1.165, 1.54) is 21.6 Å². The summed E-state index contributed by atoms with van der Waals surface area (Å²) in [7, 11) is 2.49. The molecule has 0 aliphatic rings. The minimum absolute atomic E-state index is 0.0237. The predicted molar refractivity (Wildman–Crippen MR) is 230 cm³/mol. The van der Waals surface area contributed by atoms with E-state index in [9.17, 15) is 34.5 Å². The monoisotopic (exact) mass is 796 g/mol. The minimum Gasteiger partial charge on any atom is -0.480 e. The van der Waals surface area contributed by atoms with Gasteiger partial charge >= 0.3 is 5.97 Å². The Bertz CT molecular complexity index is 1420. The number of hydrogen-bond acceptors (Lipinski definition) is 8. The Hall–Kier alpha value is -3.64. The molecule has 0 radical (unpaired) electrons. The van der Waals surface area contributed by atoms with Crippen LogP contribution < -0.4 is 10.6 Å². The van der Waals surface area contributed by atoms with Gasteiger partial charge in [-0.3, -0.25) is 14.4 Å². The van der Waals surface area contributed by atoms with Gasteiger partial charge in [-0.25, -0.2) is 4.79 Å². The van der Waals surface area contributed by atoms with E-state index in [1.54, 1.807) is 0 Å². The molecule has 0 bridgehead atoms. The van der Waals surface area contributed by atoms with Gasteiger partial charge in [0.25, 0.3) is 0 Å². The van der Waals surface area contributed by atoms with Crippen LogP contribution in [0.4, 0.5) is 0 Å². The Labute approximate surface area is 337 Å². The van der Waals surface area contributed by atoms with Crippen LogP contribution in [0.1, 0.15) is 97.0 Å². The number of ketones is 1. The highest BCUT2D eigenvalue weighted by molar-refractivity contribution is 8.77. The van der Waals surface area contributed by atoms with Crippen molar-refractivity contribution in [3.8, 4) is 0 Å². The highest BCUT2D eigenvalue weighted by Gasteiger charge is 2.38. The molecule has 3 atom stereocenters. The normalized spacial score (nSPS) is 14.1. The summed E-state index contributed by atoms with van der Waals surface area (Å²) in [5.74, 6) is -2.75. The van der Waals surface area contributed by atoms with Crippen LogP contribution in [0.25, 0.3) is 0 Å². The number of amides is 2. The molecule has 9 nitrogen and oxygen atoms in total. The molecule has 1 rings (SSSR count). The molecule has 11 heteroatoms. The molecule has 0 aliphatic carbocycles. The lowest BCUT2D eigenvalue weighted by Crippen LogP contribution is -2.45. The number of aryl methyl sites for hydroxylation is 1. The molecular formula is C44H64N2O7S2. The molecule has 0 saturated heterocycles. The Morgan fingerprint density at radius 2 is 1.35 bits per heavy atom. The summed E-state index contributed by atoms with van der Waals surface area (Å²) >= 11 is 0. The molecule has 0 spiro atoms. The third-order valence-electron chi connectivity index (χ3n) is 8.35. The van der Waals surface area contributed by atoms with Crippen LogP contribution in [0.15, 0.2) is 103 Å². The number of nitrogens with one attached hydrogen (secondary N) is 2. The van der Waals surface area contributed by atoms with E-state index in [-0.39, 0.29) is 36.8 Å². The highest BCUT2D eigenvalue weighted by Crippen LogP contribution is 2.43. The molecule has 0 unspecified atom stereocenters. The summed E-state index contributed by atoms with van der Waals surface area (Å²) in [6.45, 7) is 5.09. The maximum absolute atomic E-state index is 13.3. The zero-order valence-corrected chi connectivity index (χ0v) is 34.6. The number of aliphatic hydroxyl groups excluding tert-OH is 2. The van der Waals surface area contributed by atoms with Gasteiger partial charge in [-0.15, -0.1) is 0 Å². The molecule has 0 heterocycles. The van der Waals surface area contributed by atoms with Gasteiger partial charge in [0.1, 0.15) is 11.8 Å². The second kappa shape index (κ2) is 31.6. The molecular weight excluding hydrogens is 733 g/mol. The maximum Gasteiger partial charge on any atom is 0.327 e. The lowest BCUT2D eigenvalue weighted by Gasteiger charge is -2.32. The molecule has 0 saturated carbocycles. The van der Waals surface area contributed by atoms with Crippen molar-refractivity contribution in [2.45, 2.75) is 115 Å². The van der Waals surface area contributed by atoms with Crippen molar-refractivity contribution in [2.75, 3.05) is 18.9 Å². The quantitative estimate of drug-likeness (QED) is 0.0369. The van der Waals surface area contributed by atoms with Crippen LogP contribution in [0, 0.1) is 5.92 Å². The van der Waals surface area contributed by atoms with Crippen LogP contribution in [0.2, 0.25) is 0 Å². The third kappa shape index (κ3) is 26.0. The van der Waals surface area contributed by atoms with E-state index in [0.717, 1.165) is 50.5 Å². The molecule has 0 aliphatic heterocycles. The fraction of sp³-hybridized carbons (Fsp3) is 0.500. The van der Waals surface area contributed by atoms with Crippen molar-refractivity contribution in [1.29, 1.82) is 0 Å². The van der Waals surface area contributed by atoms with Crippen molar-refractivity contribution >= 4 is 45.2 Å². The fourth-order valence-corrected chi connectivity index (χ4v) is 8.04. The molecule has 1 aromatic rings. The highest BCUT2D eigenvalue weighted by atomic mass is 33.1. The zero-order valence-electron chi connectivity index (χ0n) is 32.9. The second-order valence-corrected chi connectivity index (χ2v) is 16.6. The standard InChI is InChI=1S/C44H64N2O7S2/c1-4-5-6-7-8-9-10-11-12-13-14-15-16-17-18-19-20-21-25-31-41(50)46-40(43(52)53)35-54-55-44(2,3)39(42(51)45-33-38(49)34-47)32-37(48)30-26-29-36-27-23-22-24-28-36/h5-6,8-9,11-12,14-15,17-18,20-24,27-28,38-40,47,49H,4,7,10,13,16,19,25-26,29-35H2,1-3H3,(H,45,51)(H,46,50)(H,52,53)/b6-5-,9-8-,12-11-,15-14-,18-17-,21-20-/t38-,39-,40+/m1/s1. The number of Topliss-reactive ketones (excluding diaryl/α,β-unsaturated/α-hetero) is 1. The number of allylic oxidation sites excluding steroid dienone is 12. The van der Waals surface area contributed by atoms with E-state index < -0.39 is 41.3 Å². The number of rotatable bonds is 31. The van der Waals surface area contributed by atoms with Gasteiger partial charge in [0, 0.05) is 36.3 Å². The molecule has 2 amide bonds. The fourth-order valence-electron chi connectivity index (χ4n) is 5.13. The van der Waals surface area contributed by atoms with Crippen LogP contribution >= 0.6 is 21.6 Å². The molecule has 0 fully saturated rings.